The molecule has 0 bridgehead atoms. The molecule has 2 N–H and O–H groups in total. The van der Waals surface area contributed by atoms with Crippen LogP contribution >= 0.6 is 0 Å². The van der Waals surface area contributed by atoms with E-state index < -0.39 is 0 Å². The molecule has 4 heteroatoms. The second-order valence-corrected chi connectivity index (χ2v) is 4.93. The van der Waals surface area contributed by atoms with Gasteiger partial charge in [0, 0.05) is 18.7 Å². The van der Waals surface area contributed by atoms with E-state index in [0.29, 0.717) is 12.6 Å². The van der Waals surface area contributed by atoms with Crippen molar-refractivity contribution in [1.29, 1.82) is 0 Å². The highest BCUT2D eigenvalue weighted by Gasteiger charge is 2.19. The maximum absolute atomic E-state index is 12.1. The van der Waals surface area contributed by atoms with Crippen molar-refractivity contribution in [3.8, 4) is 5.75 Å². The number of hydrogen-bond acceptors (Lipinski definition) is 3. The van der Waals surface area contributed by atoms with Crippen molar-refractivity contribution in [2.45, 2.75) is 39.3 Å². The molecule has 0 aliphatic carbocycles. The topological polar surface area (TPSA) is 52.6 Å². The van der Waals surface area contributed by atoms with Crippen LogP contribution in [0.3, 0.4) is 0 Å². The second-order valence-electron chi connectivity index (χ2n) is 4.93. The first-order valence-electron chi connectivity index (χ1n) is 6.74. The number of benzene rings is 1. The summed E-state index contributed by atoms with van der Waals surface area (Å²) < 4.78 is 0. The minimum Gasteiger partial charge on any atom is -0.508 e. The number of para-hydroxylation sites is 1. The van der Waals surface area contributed by atoms with E-state index in [0.717, 1.165) is 12.0 Å². The van der Waals surface area contributed by atoms with Crippen molar-refractivity contribution in [3.05, 3.63) is 29.8 Å². The van der Waals surface area contributed by atoms with Crippen LogP contribution in [0.2, 0.25) is 0 Å². The summed E-state index contributed by atoms with van der Waals surface area (Å²) in [5.74, 6) is 0.251. The Hall–Kier alpha value is -1.55. The Morgan fingerprint density at radius 3 is 2.58 bits per heavy atom. The maximum Gasteiger partial charge on any atom is 0.236 e. The number of likely N-dealkylation sites (N-methyl/N-ethyl adjacent to an activating group) is 1. The molecule has 0 heterocycles. The molecule has 0 aliphatic heterocycles. The zero-order valence-electron chi connectivity index (χ0n) is 12.2. The highest BCUT2D eigenvalue weighted by molar-refractivity contribution is 5.78. The van der Waals surface area contributed by atoms with Gasteiger partial charge in [-0.1, -0.05) is 25.1 Å². The summed E-state index contributed by atoms with van der Waals surface area (Å²) in [4.78, 5) is 13.7. The molecule has 19 heavy (non-hydrogen) atoms. The monoisotopic (exact) mass is 264 g/mol. The Labute approximate surface area is 115 Å². The average Bonchev–Trinajstić information content (AvgIpc) is 2.43. The summed E-state index contributed by atoms with van der Waals surface area (Å²) in [7, 11) is 1.76. The van der Waals surface area contributed by atoms with Gasteiger partial charge in [-0.25, -0.2) is 0 Å². The lowest BCUT2D eigenvalue weighted by Gasteiger charge is -2.26. The Kier molecular flexibility index (Phi) is 5.83. The van der Waals surface area contributed by atoms with Crippen LogP contribution in [0.4, 0.5) is 0 Å². The number of nitrogens with one attached hydrogen (secondary N) is 1. The second kappa shape index (κ2) is 7.14. The van der Waals surface area contributed by atoms with Crippen molar-refractivity contribution in [3.63, 3.8) is 0 Å². The smallest absolute Gasteiger partial charge is 0.236 e. The predicted molar refractivity (Wildman–Crippen MR) is 77.0 cm³/mol. The third-order valence-electron chi connectivity index (χ3n) is 3.58. The van der Waals surface area contributed by atoms with Crippen LogP contribution in [0.1, 0.15) is 38.8 Å². The number of carbonyl (C=O) groups excluding carboxylic acids is 1. The van der Waals surface area contributed by atoms with Gasteiger partial charge in [-0.15, -0.1) is 0 Å². The van der Waals surface area contributed by atoms with Crippen LogP contribution < -0.4 is 5.32 Å². The molecule has 0 radical (unpaired) electrons. The lowest BCUT2D eigenvalue weighted by Crippen LogP contribution is -2.39. The molecule has 0 aromatic heterocycles. The number of nitrogens with zero attached hydrogens (tertiary/aromatic N) is 1. The first-order chi connectivity index (χ1) is 8.97. The highest BCUT2D eigenvalue weighted by Crippen LogP contribution is 2.26. The van der Waals surface area contributed by atoms with Crippen LogP contribution in [0, 0.1) is 0 Å². The van der Waals surface area contributed by atoms with Gasteiger partial charge in [0.05, 0.1) is 12.6 Å². The van der Waals surface area contributed by atoms with Gasteiger partial charge in [-0.3, -0.25) is 4.79 Å². The number of phenols is 1. The highest BCUT2D eigenvalue weighted by atomic mass is 16.3. The molecule has 1 aromatic rings. The van der Waals surface area contributed by atoms with E-state index in [4.69, 9.17) is 0 Å². The van der Waals surface area contributed by atoms with Gasteiger partial charge in [-0.05, 0) is 26.3 Å². The fourth-order valence-electron chi connectivity index (χ4n) is 1.80. The fraction of sp³-hybridized carbons (Fsp3) is 0.533. The first-order valence-corrected chi connectivity index (χ1v) is 6.74. The van der Waals surface area contributed by atoms with Crippen LogP contribution in [0.15, 0.2) is 24.3 Å². The molecule has 0 aliphatic rings. The summed E-state index contributed by atoms with van der Waals surface area (Å²) in [6.45, 7) is 6.37. The molecule has 2 unspecified atom stereocenters. The van der Waals surface area contributed by atoms with Gasteiger partial charge < -0.3 is 15.3 Å². The summed E-state index contributed by atoms with van der Waals surface area (Å²) >= 11 is 0. The molecule has 0 spiro atoms. The van der Waals surface area contributed by atoms with Crippen molar-refractivity contribution >= 4 is 5.91 Å². The molecular weight excluding hydrogens is 240 g/mol. The van der Waals surface area contributed by atoms with Gasteiger partial charge in [0.2, 0.25) is 5.91 Å². The summed E-state index contributed by atoms with van der Waals surface area (Å²) in [6, 6.07) is 7.30. The minimum atomic E-state index is -0.146. The van der Waals surface area contributed by atoms with Crippen molar-refractivity contribution in [1.82, 2.24) is 10.2 Å². The first kappa shape index (κ1) is 15.5. The zero-order chi connectivity index (χ0) is 14.4. The molecule has 1 aromatic carbocycles. The van der Waals surface area contributed by atoms with E-state index in [-0.39, 0.29) is 17.7 Å². The quantitative estimate of drug-likeness (QED) is 0.829. The summed E-state index contributed by atoms with van der Waals surface area (Å²) in [5.41, 5.74) is 0.766. The Bertz CT molecular complexity index is 420. The van der Waals surface area contributed by atoms with Gasteiger partial charge in [-0.2, -0.15) is 0 Å². The molecule has 2 atom stereocenters. The van der Waals surface area contributed by atoms with Crippen molar-refractivity contribution in [2.24, 2.45) is 0 Å². The van der Waals surface area contributed by atoms with E-state index in [1.54, 1.807) is 24.1 Å². The zero-order valence-corrected chi connectivity index (χ0v) is 12.2. The molecule has 106 valence electrons. The number of rotatable bonds is 6. The van der Waals surface area contributed by atoms with Gasteiger partial charge in [0.1, 0.15) is 5.75 Å². The number of phenolic OH excluding ortho intramolecular Hbond substituents is 1. The van der Waals surface area contributed by atoms with Gasteiger partial charge in [0.15, 0.2) is 0 Å². The maximum atomic E-state index is 12.1. The third-order valence-corrected chi connectivity index (χ3v) is 3.58. The molecule has 0 saturated carbocycles. The summed E-state index contributed by atoms with van der Waals surface area (Å²) in [5, 5.41) is 13.0. The van der Waals surface area contributed by atoms with Crippen LogP contribution in [0.25, 0.3) is 0 Å². The molecule has 0 saturated heterocycles. The Morgan fingerprint density at radius 1 is 1.37 bits per heavy atom. The number of hydrogen-bond donors (Lipinski definition) is 2. The van der Waals surface area contributed by atoms with E-state index >= 15 is 0 Å². The Balaban J connectivity index is 2.64. The minimum absolute atomic E-state index is 0.0241. The lowest BCUT2D eigenvalue weighted by molar-refractivity contribution is -0.131. The van der Waals surface area contributed by atoms with E-state index in [1.807, 2.05) is 19.1 Å². The van der Waals surface area contributed by atoms with Crippen molar-refractivity contribution in [2.75, 3.05) is 13.6 Å². The van der Waals surface area contributed by atoms with E-state index in [2.05, 4.69) is 19.2 Å². The number of aromatic hydroxyl groups is 1. The molecule has 4 nitrogen and oxygen atoms in total. The molecule has 0 fully saturated rings. The fourth-order valence-corrected chi connectivity index (χ4v) is 1.80. The van der Waals surface area contributed by atoms with Crippen LogP contribution in [-0.2, 0) is 4.79 Å². The largest absolute Gasteiger partial charge is 0.508 e. The number of carbonyl (C=O) groups is 1. The normalized spacial score (nSPS) is 13.9. The van der Waals surface area contributed by atoms with Gasteiger partial charge >= 0.3 is 0 Å². The third kappa shape index (κ3) is 4.24. The molecule has 1 amide bonds. The summed E-state index contributed by atoms with van der Waals surface area (Å²) in [6.07, 6.45) is 0.992. The number of amides is 1. The standard InChI is InChI=1S/C15H24N2O2/c1-5-11(2)16-10-15(19)17(4)12(3)13-8-6-7-9-14(13)18/h6-9,11-12,16,18H,5,10H2,1-4H3. The van der Waals surface area contributed by atoms with E-state index in [1.165, 1.54) is 0 Å². The van der Waals surface area contributed by atoms with Gasteiger partial charge in [0.25, 0.3) is 0 Å². The van der Waals surface area contributed by atoms with Crippen LogP contribution in [-0.4, -0.2) is 35.5 Å². The predicted octanol–water partition coefficient (Wildman–Crippen LogP) is 2.30. The lowest BCUT2D eigenvalue weighted by atomic mass is 10.1. The van der Waals surface area contributed by atoms with Crippen molar-refractivity contribution < 1.29 is 9.90 Å². The van der Waals surface area contributed by atoms with E-state index in [9.17, 15) is 9.90 Å². The average molecular weight is 264 g/mol. The molecular formula is C15H24N2O2. The Morgan fingerprint density at radius 2 is 2.00 bits per heavy atom. The molecule has 1 rings (SSSR count). The SMILES string of the molecule is CCC(C)NCC(=O)N(C)C(C)c1ccccc1O. The van der Waals surface area contributed by atoms with Crippen LogP contribution in [0.5, 0.6) is 5.75 Å².